The van der Waals surface area contributed by atoms with Crippen molar-refractivity contribution < 1.29 is 9.53 Å². The van der Waals surface area contributed by atoms with E-state index in [1.807, 2.05) is 30.3 Å². The quantitative estimate of drug-likeness (QED) is 0.828. The van der Waals surface area contributed by atoms with E-state index in [0.29, 0.717) is 12.6 Å². The van der Waals surface area contributed by atoms with Crippen LogP contribution in [0, 0.1) is 0 Å². The first-order chi connectivity index (χ1) is 8.84. The second kappa shape index (κ2) is 7.04. The highest BCUT2D eigenvalue weighted by Crippen LogP contribution is 2.17. The Morgan fingerprint density at radius 3 is 2.44 bits per heavy atom. The molecule has 3 nitrogen and oxygen atoms in total. The molecule has 1 aliphatic carbocycles. The summed E-state index contributed by atoms with van der Waals surface area (Å²) < 4.78 is 5.22. The summed E-state index contributed by atoms with van der Waals surface area (Å²) in [5.74, 6) is 0. The van der Waals surface area contributed by atoms with Gasteiger partial charge in [0.1, 0.15) is 6.61 Å². The molecule has 98 valence electrons. The summed E-state index contributed by atoms with van der Waals surface area (Å²) in [6.45, 7) is 0.347. The van der Waals surface area contributed by atoms with E-state index < -0.39 is 0 Å². The van der Waals surface area contributed by atoms with Crippen molar-refractivity contribution in [2.45, 2.75) is 51.2 Å². The first-order valence-corrected chi connectivity index (χ1v) is 6.82. The highest BCUT2D eigenvalue weighted by Gasteiger charge is 2.15. The molecule has 0 aromatic heterocycles. The van der Waals surface area contributed by atoms with Crippen molar-refractivity contribution in [1.82, 2.24) is 5.32 Å². The summed E-state index contributed by atoms with van der Waals surface area (Å²) in [5, 5.41) is 2.97. The van der Waals surface area contributed by atoms with Crippen LogP contribution in [0.15, 0.2) is 30.3 Å². The van der Waals surface area contributed by atoms with Gasteiger partial charge in [0.05, 0.1) is 0 Å². The normalized spacial score (nSPS) is 16.9. The van der Waals surface area contributed by atoms with Crippen LogP contribution in [0.3, 0.4) is 0 Å². The highest BCUT2D eigenvalue weighted by atomic mass is 16.5. The zero-order chi connectivity index (χ0) is 12.6. The van der Waals surface area contributed by atoms with Crippen LogP contribution in [0.2, 0.25) is 0 Å². The lowest BCUT2D eigenvalue weighted by atomic mass is 10.1. The molecule has 0 aliphatic heterocycles. The molecule has 0 unspecified atom stereocenters. The van der Waals surface area contributed by atoms with E-state index >= 15 is 0 Å². The third kappa shape index (κ3) is 4.40. The number of amides is 1. The second-order valence-corrected chi connectivity index (χ2v) is 4.89. The number of carbonyl (C=O) groups is 1. The van der Waals surface area contributed by atoms with Crippen molar-refractivity contribution in [2.75, 3.05) is 0 Å². The zero-order valence-electron chi connectivity index (χ0n) is 10.7. The molecule has 0 atom stereocenters. The topological polar surface area (TPSA) is 38.3 Å². The molecule has 1 fully saturated rings. The fourth-order valence-corrected chi connectivity index (χ4v) is 2.36. The largest absolute Gasteiger partial charge is 0.445 e. The molecule has 0 spiro atoms. The average molecular weight is 247 g/mol. The minimum Gasteiger partial charge on any atom is -0.445 e. The summed E-state index contributed by atoms with van der Waals surface area (Å²) in [7, 11) is 0. The zero-order valence-corrected chi connectivity index (χ0v) is 10.7. The van der Waals surface area contributed by atoms with Crippen LogP contribution < -0.4 is 5.32 Å². The van der Waals surface area contributed by atoms with Gasteiger partial charge in [-0.3, -0.25) is 0 Å². The smallest absolute Gasteiger partial charge is 0.407 e. The predicted octanol–water partition coefficient (Wildman–Crippen LogP) is 3.64. The van der Waals surface area contributed by atoms with Gasteiger partial charge in [-0.15, -0.1) is 0 Å². The Morgan fingerprint density at radius 1 is 1.11 bits per heavy atom. The van der Waals surface area contributed by atoms with E-state index in [1.54, 1.807) is 0 Å². The van der Waals surface area contributed by atoms with Gasteiger partial charge in [0.2, 0.25) is 0 Å². The van der Waals surface area contributed by atoms with Crippen LogP contribution in [0.5, 0.6) is 0 Å². The molecular weight excluding hydrogens is 226 g/mol. The summed E-state index contributed by atoms with van der Waals surface area (Å²) in [4.78, 5) is 11.7. The van der Waals surface area contributed by atoms with Crippen LogP contribution in [0.4, 0.5) is 4.79 Å². The van der Waals surface area contributed by atoms with Crippen molar-refractivity contribution in [1.29, 1.82) is 0 Å². The first kappa shape index (κ1) is 12.9. The average Bonchev–Trinajstić information content (AvgIpc) is 2.66. The van der Waals surface area contributed by atoms with Gasteiger partial charge in [0.15, 0.2) is 0 Å². The van der Waals surface area contributed by atoms with Gasteiger partial charge in [-0.1, -0.05) is 56.0 Å². The minimum atomic E-state index is -0.286. The Balaban J connectivity index is 1.71. The Kier molecular flexibility index (Phi) is 5.06. The maximum Gasteiger partial charge on any atom is 0.407 e. The lowest BCUT2D eigenvalue weighted by Crippen LogP contribution is -2.34. The fraction of sp³-hybridized carbons (Fsp3) is 0.533. The summed E-state index contributed by atoms with van der Waals surface area (Å²) in [6.07, 6.45) is 6.88. The molecule has 18 heavy (non-hydrogen) atoms. The van der Waals surface area contributed by atoms with Crippen molar-refractivity contribution in [3.8, 4) is 0 Å². The summed E-state index contributed by atoms with van der Waals surface area (Å²) >= 11 is 0. The van der Waals surface area contributed by atoms with Crippen molar-refractivity contribution in [2.24, 2.45) is 0 Å². The molecule has 1 amide bonds. The van der Waals surface area contributed by atoms with E-state index in [9.17, 15) is 4.79 Å². The molecule has 0 radical (unpaired) electrons. The molecule has 1 aliphatic rings. The van der Waals surface area contributed by atoms with E-state index in [0.717, 1.165) is 18.4 Å². The number of nitrogens with one attached hydrogen (secondary N) is 1. The van der Waals surface area contributed by atoms with Crippen LogP contribution in [-0.2, 0) is 11.3 Å². The molecule has 1 aromatic rings. The Hall–Kier alpha value is -1.51. The molecule has 2 rings (SSSR count). The van der Waals surface area contributed by atoms with E-state index in [1.165, 1.54) is 25.7 Å². The highest BCUT2D eigenvalue weighted by molar-refractivity contribution is 5.67. The number of alkyl carbamates (subject to hydrolysis) is 1. The molecule has 1 aromatic carbocycles. The molecule has 3 heteroatoms. The SMILES string of the molecule is O=C(NC1CCCCCC1)OCc1ccccc1. The molecule has 0 bridgehead atoms. The monoisotopic (exact) mass is 247 g/mol. The predicted molar refractivity (Wildman–Crippen MR) is 71.3 cm³/mol. The van der Waals surface area contributed by atoms with E-state index in [4.69, 9.17) is 4.74 Å². The standard InChI is InChI=1S/C15H21NO2/c17-15(16-14-10-6-1-2-7-11-14)18-12-13-8-4-3-5-9-13/h3-5,8-9,14H,1-2,6-7,10-12H2,(H,16,17). The van der Waals surface area contributed by atoms with Gasteiger partial charge in [-0.25, -0.2) is 4.79 Å². The second-order valence-electron chi connectivity index (χ2n) is 4.89. The molecule has 0 heterocycles. The van der Waals surface area contributed by atoms with Gasteiger partial charge in [-0.05, 0) is 18.4 Å². The van der Waals surface area contributed by atoms with Crippen molar-refractivity contribution in [3.05, 3.63) is 35.9 Å². The van der Waals surface area contributed by atoms with Crippen molar-refractivity contribution in [3.63, 3.8) is 0 Å². The molecule has 1 saturated carbocycles. The first-order valence-electron chi connectivity index (χ1n) is 6.82. The van der Waals surface area contributed by atoms with Crippen LogP contribution in [0.1, 0.15) is 44.1 Å². The van der Waals surface area contributed by atoms with Crippen LogP contribution in [-0.4, -0.2) is 12.1 Å². The van der Waals surface area contributed by atoms with Gasteiger partial charge in [0.25, 0.3) is 0 Å². The molecule has 1 N–H and O–H groups in total. The molecular formula is C15H21NO2. The number of hydrogen-bond acceptors (Lipinski definition) is 2. The third-order valence-corrected chi connectivity index (χ3v) is 3.39. The summed E-state index contributed by atoms with van der Waals surface area (Å²) in [6, 6.07) is 10.1. The number of ether oxygens (including phenoxy) is 1. The van der Waals surface area contributed by atoms with Crippen LogP contribution >= 0.6 is 0 Å². The molecule has 0 saturated heterocycles. The van der Waals surface area contributed by atoms with Gasteiger partial charge >= 0.3 is 6.09 Å². The van der Waals surface area contributed by atoms with E-state index in [2.05, 4.69) is 5.32 Å². The number of carbonyl (C=O) groups excluding carboxylic acids is 1. The minimum absolute atomic E-state index is 0.286. The van der Waals surface area contributed by atoms with Gasteiger partial charge in [0, 0.05) is 6.04 Å². The lowest BCUT2D eigenvalue weighted by molar-refractivity contribution is 0.134. The maximum absolute atomic E-state index is 11.7. The maximum atomic E-state index is 11.7. The fourth-order valence-electron chi connectivity index (χ4n) is 2.36. The van der Waals surface area contributed by atoms with Gasteiger partial charge < -0.3 is 10.1 Å². The Bertz CT molecular complexity index is 356. The van der Waals surface area contributed by atoms with E-state index in [-0.39, 0.29) is 6.09 Å². The Labute approximate surface area is 109 Å². The van der Waals surface area contributed by atoms with Crippen molar-refractivity contribution >= 4 is 6.09 Å². The lowest BCUT2D eigenvalue weighted by Gasteiger charge is -2.16. The Morgan fingerprint density at radius 2 is 1.78 bits per heavy atom. The number of benzene rings is 1. The number of rotatable bonds is 3. The van der Waals surface area contributed by atoms with Crippen LogP contribution in [0.25, 0.3) is 0 Å². The summed E-state index contributed by atoms with van der Waals surface area (Å²) in [5.41, 5.74) is 1.02. The van der Waals surface area contributed by atoms with Gasteiger partial charge in [-0.2, -0.15) is 0 Å². The third-order valence-electron chi connectivity index (χ3n) is 3.39. The number of hydrogen-bond donors (Lipinski definition) is 1.